The Kier molecular flexibility index (Phi) is 6.39. The number of nitrogens with zero attached hydrogens (tertiary/aromatic N) is 2. The minimum atomic E-state index is -4.48. The van der Waals surface area contributed by atoms with Gasteiger partial charge in [-0.15, -0.1) is 0 Å². The number of hydrogen-bond acceptors (Lipinski definition) is 4. The number of hydrogen-bond donors (Lipinski definition) is 1. The number of rotatable bonds is 5. The monoisotopic (exact) mass is 457 g/mol. The Morgan fingerprint density at radius 1 is 0.909 bits per heavy atom. The van der Waals surface area contributed by atoms with Gasteiger partial charge in [0.05, 0.1) is 12.1 Å². The third kappa shape index (κ3) is 5.36. The zero-order valence-electron chi connectivity index (χ0n) is 17.6. The molecule has 0 radical (unpaired) electrons. The number of piperazine rings is 1. The first-order valence-corrected chi connectivity index (χ1v) is 10.4. The van der Waals surface area contributed by atoms with Crippen LogP contribution < -0.4 is 10.2 Å². The topological polar surface area (TPSA) is 65.8 Å². The Morgan fingerprint density at radius 3 is 2.33 bits per heavy atom. The number of amides is 2. The summed E-state index contributed by atoms with van der Waals surface area (Å²) in [5, 5.41) is 2.52. The van der Waals surface area contributed by atoms with Gasteiger partial charge in [-0.2, -0.15) is 13.2 Å². The van der Waals surface area contributed by atoms with Crippen LogP contribution in [0.1, 0.15) is 16.1 Å². The molecule has 1 saturated heterocycles. The number of alkyl halides is 3. The molecule has 1 aliphatic rings. The second-order valence-corrected chi connectivity index (χ2v) is 7.63. The van der Waals surface area contributed by atoms with E-state index in [0.717, 1.165) is 17.8 Å². The highest BCUT2D eigenvalue weighted by molar-refractivity contribution is 5.94. The van der Waals surface area contributed by atoms with Crippen molar-refractivity contribution in [1.82, 2.24) is 10.2 Å². The zero-order valence-corrected chi connectivity index (χ0v) is 17.6. The average Bonchev–Trinajstić information content (AvgIpc) is 3.33. The lowest BCUT2D eigenvalue weighted by atomic mass is 10.1. The minimum absolute atomic E-state index is 0.0795. The first-order valence-electron chi connectivity index (χ1n) is 10.4. The van der Waals surface area contributed by atoms with Crippen LogP contribution in [0, 0.1) is 0 Å². The van der Waals surface area contributed by atoms with Crippen molar-refractivity contribution in [2.24, 2.45) is 0 Å². The van der Waals surface area contributed by atoms with Crippen LogP contribution in [0.3, 0.4) is 0 Å². The van der Waals surface area contributed by atoms with E-state index in [9.17, 15) is 22.8 Å². The maximum absolute atomic E-state index is 12.9. The van der Waals surface area contributed by atoms with Gasteiger partial charge in [-0.1, -0.05) is 30.3 Å². The Balaban J connectivity index is 1.30. The summed E-state index contributed by atoms with van der Waals surface area (Å²) in [6, 6.07) is 17.4. The second-order valence-electron chi connectivity index (χ2n) is 7.63. The quantitative estimate of drug-likeness (QED) is 0.628. The number of furan rings is 1. The summed E-state index contributed by atoms with van der Waals surface area (Å²) in [4.78, 5) is 28.8. The normalized spacial score (nSPS) is 14.3. The van der Waals surface area contributed by atoms with E-state index in [-0.39, 0.29) is 29.5 Å². The standard InChI is InChI=1S/C24H22F3N3O3/c25-24(26,27)18-6-4-5-17(15-18)20-9-10-21(33-20)23(32)28-16-22(31)30-13-11-29(12-14-30)19-7-2-1-3-8-19/h1-10,15H,11-14,16H2,(H,28,32). The van der Waals surface area contributed by atoms with Crippen molar-refractivity contribution in [3.05, 3.63) is 78.1 Å². The molecule has 9 heteroatoms. The molecule has 172 valence electrons. The van der Waals surface area contributed by atoms with Crippen LogP contribution in [0.15, 0.2) is 71.1 Å². The molecule has 1 N–H and O–H groups in total. The second kappa shape index (κ2) is 9.40. The van der Waals surface area contributed by atoms with Crippen LogP contribution >= 0.6 is 0 Å². The molecule has 2 amide bonds. The van der Waals surface area contributed by atoms with Crippen molar-refractivity contribution in [2.45, 2.75) is 6.18 Å². The molecule has 0 unspecified atom stereocenters. The molecule has 2 aromatic carbocycles. The molecule has 0 aliphatic carbocycles. The number of anilines is 1. The van der Waals surface area contributed by atoms with Crippen LogP contribution in [0.5, 0.6) is 0 Å². The molecule has 4 rings (SSSR count). The van der Waals surface area contributed by atoms with Crippen molar-refractivity contribution in [3.8, 4) is 11.3 Å². The average molecular weight is 457 g/mol. The number of nitrogens with one attached hydrogen (secondary N) is 1. The van der Waals surface area contributed by atoms with E-state index >= 15 is 0 Å². The lowest BCUT2D eigenvalue weighted by molar-refractivity contribution is -0.137. The summed E-state index contributed by atoms with van der Waals surface area (Å²) >= 11 is 0. The van der Waals surface area contributed by atoms with Crippen molar-refractivity contribution >= 4 is 17.5 Å². The van der Waals surface area contributed by atoms with Crippen molar-refractivity contribution in [1.29, 1.82) is 0 Å². The summed E-state index contributed by atoms with van der Waals surface area (Å²) < 4.78 is 44.2. The lowest BCUT2D eigenvalue weighted by Crippen LogP contribution is -2.51. The molecule has 1 aliphatic heterocycles. The van der Waals surface area contributed by atoms with Crippen LogP contribution in [0.2, 0.25) is 0 Å². The summed E-state index contributed by atoms with van der Waals surface area (Å²) in [7, 11) is 0. The summed E-state index contributed by atoms with van der Waals surface area (Å²) in [6.07, 6.45) is -4.48. The smallest absolute Gasteiger partial charge is 0.416 e. The van der Waals surface area contributed by atoms with E-state index in [1.54, 1.807) is 4.90 Å². The van der Waals surface area contributed by atoms with Gasteiger partial charge in [0.1, 0.15) is 5.76 Å². The van der Waals surface area contributed by atoms with Crippen LogP contribution in [0.4, 0.5) is 18.9 Å². The van der Waals surface area contributed by atoms with Gasteiger partial charge in [-0.05, 0) is 36.4 Å². The summed E-state index contributed by atoms with van der Waals surface area (Å²) in [5.41, 5.74) is 0.504. The molecule has 1 aromatic heterocycles. The van der Waals surface area contributed by atoms with Gasteiger partial charge >= 0.3 is 6.18 Å². The molecular weight excluding hydrogens is 435 g/mol. The molecule has 0 spiro atoms. The highest BCUT2D eigenvalue weighted by Gasteiger charge is 2.30. The van der Waals surface area contributed by atoms with Gasteiger partial charge in [0, 0.05) is 37.4 Å². The molecule has 0 atom stereocenters. The molecular formula is C24H22F3N3O3. The third-order valence-electron chi connectivity index (χ3n) is 5.46. The van der Waals surface area contributed by atoms with Crippen LogP contribution in [0.25, 0.3) is 11.3 Å². The number of carbonyl (C=O) groups is 2. The largest absolute Gasteiger partial charge is 0.451 e. The zero-order chi connectivity index (χ0) is 23.4. The highest BCUT2D eigenvalue weighted by Crippen LogP contribution is 2.32. The van der Waals surface area contributed by atoms with Crippen molar-refractivity contribution in [3.63, 3.8) is 0 Å². The van der Waals surface area contributed by atoms with Crippen molar-refractivity contribution in [2.75, 3.05) is 37.6 Å². The van der Waals surface area contributed by atoms with Gasteiger partial charge in [-0.3, -0.25) is 9.59 Å². The minimum Gasteiger partial charge on any atom is -0.451 e. The van der Waals surface area contributed by atoms with Gasteiger partial charge < -0.3 is 19.5 Å². The van der Waals surface area contributed by atoms with Gasteiger partial charge in [-0.25, -0.2) is 0 Å². The lowest BCUT2D eigenvalue weighted by Gasteiger charge is -2.36. The number of benzene rings is 2. The summed E-state index contributed by atoms with van der Waals surface area (Å²) in [5.74, 6) is -0.760. The molecule has 33 heavy (non-hydrogen) atoms. The third-order valence-corrected chi connectivity index (χ3v) is 5.46. The van der Waals surface area contributed by atoms with Gasteiger partial charge in [0.25, 0.3) is 5.91 Å². The molecule has 3 aromatic rings. The first-order chi connectivity index (χ1) is 15.8. The fraction of sp³-hybridized carbons (Fsp3) is 0.250. The number of para-hydroxylation sites is 1. The highest BCUT2D eigenvalue weighted by atomic mass is 19.4. The van der Waals surface area contributed by atoms with E-state index in [1.807, 2.05) is 30.3 Å². The van der Waals surface area contributed by atoms with E-state index in [1.165, 1.54) is 24.3 Å². The predicted molar refractivity (Wildman–Crippen MR) is 117 cm³/mol. The SMILES string of the molecule is O=C(NCC(=O)N1CCN(c2ccccc2)CC1)c1ccc(-c2cccc(C(F)(F)F)c2)o1. The molecule has 6 nitrogen and oxygen atoms in total. The fourth-order valence-electron chi connectivity index (χ4n) is 3.67. The van der Waals surface area contributed by atoms with Gasteiger partial charge in [0.2, 0.25) is 5.91 Å². The van der Waals surface area contributed by atoms with E-state index in [0.29, 0.717) is 26.2 Å². The summed E-state index contributed by atoms with van der Waals surface area (Å²) in [6.45, 7) is 2.29. The molecule has 2 heterocycles. The number of halogens is 3. The molecule has 1 fully saturated rings. The van der Waals surface area contributed by atoms with E-state index in [2.05, 4.69) is 10.2 Å². The van der Waals surface area contributed by atoms with Crippen LogP contribution in [-0.4, -0.2) is 49.4 Å². The van der Waals surface area contributed by atoms with Crippen LogP contribution in [-0.2, 0) is 11.0 Å². The molecule has 0 bridgehead atoms. The maximum Gasteiger partial charge on any atom is 0.416 e. The Morgan fingerprint density at radius 2 is 1.64 bits per heavy atom. The predicted octanol–water partition coefficient (Wildman–Crippen LogP) is 4.04. The first kappa shape index (κ1) is 22.4. The Bertz CT molecular complexity index is 1120. The number of carbonyl (C=O) groups excluding carboxylic acids is 2. The fourth-order valence-corrected chi connectivity index (χ4v) is 3.67. The van der Waals surface area contributed by atoms with E-state index in [4.69, 9.17) is 4.42 Å². The van der Waals surface area contributed by atoms with E-state index < -0.39 is 17.6 Å². The van der Waals surface area contributed by atoms with Gasteiger partial charge in [0.15, 0.2) is 5.76 Å². The Labute approximate surface area is 188 Å². The van der Waals surface area contributed by atoms with Crippen molar-refractivity contribution < 1.29 is 27.2 Å². The maximum atomic E-state index is 12.9. The Hall–Kier alpha value is -3.75. The molecule has 0 saturated carbocycles.